The molecule has 0 aliphatic rings. The van der Waals surface area contributed by atoms with Gasteiger partial charge in [0.15, 0.2) is 0 Å². The second kappa shape index (κ2) is 9.04. The zero-order valence-electron chi connectivity index (χ0n) is 13.8. The molecule has 1 rings (SSSR count). The largest absolute Gasteiger partial charge is 0.452 e. The Morgan fingerprint density at radius 3 is 2.59 bits per heavy atom. The second-order valence-electron chi connectivity index (χ2n) is 5.62. The molecule has 0 saturated heterocycles. The van der Waals surface area contributed by atoms with E-state index in [1.807, 2.05) is 37.3 Å². The average Bonchev–Trinajstić information content (AvgIpc) is 2.53. The number of carbonyl (C=O) groups excluding carboxylic acids is 1. The summed E-state index contributed by atoms with van der Waals surface area (Å²) in [4.78, 5) is 12.0. The summed E-state index contributed by atoms with van der Waals surface area (Å²) in [5.74, 6) is -0.345. The van der Waals surface area contributed by atoms with Gasteiger partial charge >= 0.3 is 5.97 Å². The number of allylic oxidation sites excluding steroid dienone is 2. The zero-order valence-corrected chi connectivity index (χ0v) is 13.8. The van der Waals surface area contributed by atoms with Gasteiger partial charge in [0.25, 0.3) is 0 Å². The third-order valence-corrected chi connectivity index (χ3v) is 3.67. The van der Waals surface area contributed by atoms with Crippen molar-refractivity contribution in [3.05, 3.63) is 66.3 Å². The predicted octanol–water partition coefficient (Wildman–Crippen LogP) is 5.32. The lowest BCUT2D eigenvalue weighted by molar-refractivity contribution is -0.147. The molecular weight excluding hydrogens is 272 g/mol. The van der Waals surface area contributed by atoms with Crippen molar-refractivity contribution >= 4 is 12.0 Å². The summed E-state index contributed by atoms with van der Waals surface area (Å²) < 4.78 is 5.55. The van der Waals surface area contributed by atoms with Gasteiger partial charge in [-0.1, -0.05) is 55.5 Å². The number of carbonyl (C=O) groups is 1. The number of ether oxygens (including phenoxy) is 1. The molecule has 0 aliphatic heterocycles. The third-order valence-electron chi connectivity index (χ3n) is 3.67. The van der Waals surface area contributed by atoms with Gasteiger partial charge in [0.1, 0.15) is 5.60 Å². The van der Waals surface area contributed by atoms with Crippen LogP contribution in [0.25, 0.3) is 6.08 Å². The minimum atomic E-state index is -0.636. The summed E-state index contributed by atoms with van der Waals surface area (Å²) in [6, 6.07) is 9.68. The van der Waals surface area contributed by atoms with Crippen LogP contribution in [0.1, 0.15) is 45.6 Å². The minimum Gasteiger partial charge on any atom is -0.452 e. The van der Waals surface area contributed by atoms with Gasteiger partial charge in [0, 0.05) is 6.08 Å². The lowest BCUT2D eigenvalue weighted by Crippen LogP contribution is -2.28. The van der Waals surface area contributed by atoms with Crippen molar-refractivity contribution in [3.8, 4) is 0 Å². The Kier molecular flexibility index (Phi) is 7.38. The number of hydrogen-bond donors (Lipinski definition) is 0. The highest BCUT2D eigenvalue weighted by Gasteiger charge is 2.23. The molecule has 118 valence electrons. The molecule has 1 atom stereocenters. The Balaban J connectivity index is 2.58. The van der Waals surface area contributed by atoms with Gasteiger partial charge in [0.05, 0.1) is 0 Å². The van der Waals surface area contributed by atoms with E-state index in [1.165, 1.54) is 11.6 Å². The molecule has 0 amide bonds. The number of rotatable bonds is 8. The number of benzene rings is 1. The molecule has 0 radical (unpaired) electrons. The van der Waals surface area contributed by atoms with Crippen LogP contribution < -0.4 is 0 Å². The van der Waals surface area contributed by atoms with E-state index in [9.17, 15) is 4.79 Å². The monoisotopic (exact) mass is 298 g/mol. The van der Waals surface area contributed by atoms with Crippen molar-refractivity contribution in [1.29, 1.82) is 0 Å². The van der Waals surface area contributed by atoms with Gasteiger partial charge < -0.3 is 4.74 Å². The summed E-state index contributed by atoms with van der Waals surface area (Å²) in [5, 5.41) is 0. The molecule has 0 fully saturated rings. The van der Waals surface area contributed by atoms with Crippen LogP contribution in [0.5, 0.6) is 0 Å². The molecular formula is C20H26O2. The van der Waals surface area contributed by atoms with Crippen molar-refractivity contribution < 1.29 is 9.53 Å². The van der Waals surface area contributed by atoms with E-state index in [0.29, 0.717) is 0 Å². The maximum Gasteiger partial charge on any atom is 0.331 e. The van der Waals surface area contributed by atoms with Gasteiger partial charge in [-0.05, 0) is 50.8 Å². The van der Waals surface area contributed by atoms with Crippen LogP contribution in [0.15, 0.2) is 60.7 Å². The van der Waals surface area contributed by atoms with Crippen LogP contribution in [-0.2, 0) is 9.53 Å². The highest BCUT2D eigenvalue weighted by atomic mass is 16.6. The quantitative estimate of drug-likeness (QED) is 0.368. The Labute approximate surface area is 134 Å². The fraction of sp³-hybridized carbons (Fsp3) is 0.350. The first kappa shape index (κ1) is 18.0. The van der Waals surface area contributed by atoms with Crippen LogP contribution in [0.2, 0.25) is 0 Å². The molecule has 2 heteroatoms. The standard InChI is InChI=1S/C20H26O2/c1-5-17(3)11-10-16-20(4,6-2)22-19(21)15-14-18-12-8-7-9-13-18/h6-9,11-15H,2,5,10,16H2,1,3-4H3/b15-14-,17-11?. The van der Waals surface area contributed by atoms with E-state index in [2.05, 4.69) is 26.5 Å². The fourth-order valence-corrected chi connectivity index (χ4v) is 1.94. The van der Waals surface area contributed by atoms with Crippen molar-refractivity contribution in [2.75, 3.05) is 0 Å². The Morgan fingerprint density at radius 1 is 1.32 bits per heavy atom. The lowest BCUT2D eigenvalue weighted by atomic mass is 9.99. The summed E-state index contributed by atoms with van der Waals surface area (Å²) in [5.41, 5.74) is 1.69. The van der Waals surface area contributed by atoms with Crippen molar-refractivity contribution in [2.45, 2.75) is 45.6 Å². The number of hydrogen-bond acceptors (Lipinski definition) is 2. The third kappa shape index (κ3) is 6.57. The molecule has 0 saturated carbocycles. The normalized spacial score (nSPS) is 14.6. The molecule has 1 aromatic carbocycles. The van der Waals surface area contributed by atoms with Crippen LogP contribution >= 0.6 is 0 Å². The second-order valence-corrected chi connectivity index (χ2v) is 5.62. The fourth-order valence-electron chi connectivity index (χ4n) is 1.94. The van der Waals surface area contributed by atoms with E-state index in [4.69, 9.17) is 4.74 Å². The molecule has 22 heavy (non-hydrogen) atoms. The van der Waals surface area contributed by atoms with E-state index in [1.54, 1.807) is 12.2 Å². The highest BCUT2D eigenvalue weighted by molar-refractivity contribution is 5.87. The minimum absolute atomic E-state index is 0.345. The van der Waals surface area contributed by atoms with Crippen LogP contribution in [0.3, 0.4) is 0 Å². The van der Waals surface area contributed by atoms with Gasteiger partial charge in [-0.25, -0.2) is 4.79 Å². The Bertz CT molecular complexity index is 540. The topological polar surface area (TPSA) is 26.3 Å². The van der Waals surface area contributed by atoms with Crippen LogP contribution in [0, 0.1) is 0 Å². The molecule has 0 heterocycles. The highest BCUT2D eigenvalue weighted by Crippen LogP contribution is 2.21. The average molecular weight is 298 g/mol. The van der Waals surface area contributed by atoms with Gasteiger partial charge in [-0.3, -0.25) is 0 Å². The van der Waals surface area contributed by atoms with E-state index in [0.717, 1.165) is 24.8 Å². The first-order valence-corrected chi connectivity index (χ1v) is 7.74. The van der Waals surface area contributed by atoms with Gasteiger partial charge in [-0.15, -0.1) is 0 Å². The Morgan fingerprint density at radius 2 is 2.00 bits per heavy atom. The summed E-state index contributed by atoms with van der Waals surface area (Å²) in [7, 11) is 0. The molecule has 0 aromatic heterocycles. The van der Waals surface area contributed by atoms with E-state index >= 15 is 0 Å². The molecule has 1 aromatic rings. The molecule has 0 N–H and O–H groups in total. The van der Waals surface area contributed by atoms with Crippen LogP contribution in [-0.4, -0.2) is 11.6 Å². The Hall–Kier alpha value is -2.09. The summed E-state index contributed by atoms with van der Waals surface area (Å²) in [6.45, 7) is 9.94. The summed E-state index contributed by atoms with van der Waals surface area (Å²) in [6.07, 6.45) is 9.77. The van der Waals surface area contributed by atoms with Crippen LogP contribution in [0.4, 0.5) is 0 Å². The first-order chi connectivity index (χ1) is 10.5. The maximum absolute atomic E-state index is 12.0. The van der Waals surface area contributed by atoms with E-state index < -0.39 is 5.60 Å². The van der Waals surface area contributed by atoms with Gasteiger partial charge in [0.2, 0.25) is 0 Å². The first-order valence-electron chi connectivity index (χ1n) is 7.74. The molecule has 1 unspecified atom stereocenters. The predicted molar refractivity (Wildman–Crippen MR) is 93.5 cm³/mol. The molecule has 2 nitrogen and oxygen atoms in total. The summed E-state index contributed by atoms with van der Waals surface area (Å²) >= 11 is 0. The van der Waals surface area contributed by atoms with Crippen molar-refractivity contribution in [1.82, 2.24) is 0 Å². The lowest BCUT2D eigenvalue weighted by Gasteiger charge is -2.25. The van der Waals surface area contributed by atoms with Crippen molar-refractivity contribution in [3.63, 3.8) is 0 Å². The SMILES string of the molecule is C=CC(C)(CCC=C(C)CC)OC(=O)/C=C\c1ccccc1. The molecule has 0 spiro atoms. The van der Waals surface area contributed by atoms with Gasteiger partial charge in [-0.2, -0.15) is 0 Å². The smallest absolute Gasteiger partial charge is 0.331 e. The maximum atomic E-state index is 12.0. The molecule has 0 aliphatic carbocycles. The molecule has 0 bridgehead atoms. The van der Waals surface area contributed by atoms with Crippen molar-refractivity contribution in [2.24, 2.45) is 0 Å². The zero-order chi connectivity index (χ0) is 16.4. The number of esters is 1. The van der Waals surface area contributed by atoms with E-state index in [-0.39, 0.29) is 5.97 Å².